The van der Waals surface area contributed by atoms with E-state index in [4.69, 9.17) is 23.2 Å². The second-order valence-electron chi connectivity index (χ2n) is 7.64. The second-order valence-corrected chi connectivity index (χ2v) is 9.91. The highest BCUT2D eigenvalue weighted by molar-refractivity contribution is 7.83. The van der Waals surface area contributed by atoms with Crippen LogP contribution >= 0.6 is 23.2 Å². The van der Waals surface area contributed by atoms with Gasteiger partial charge in [-0.1, -0.05) is 59.6 Å². The van der Waals surface area contributed by atoms with Gasteiger partial charge in [0.1, 0.15) is 0 Å². The number of rotatable bonds is 7. The van der Waals surface area contributed by atoms with Crippen molar-refractivity contribution in [2.45, 2.75) is 11.7 Å². The first kappa shape index (κ1) is 22.6. The number of benzene rings is 3. The molecule has 0 radical (unpaired) electrons. The van der Waals surface area contributed by atoms with E-state index in [1.807, 2.05) is 48.7 Å². The zero-order chi connectivity index (χ0) is 22.7. The van der Waals surface area contributed by atoms with Crippen LogP contribution in [-0.4, -0.2) is 27.9 Å². The standard InChI is InChI=1S/C25H22Cl2N2O2S/c1-32(31)15-16-5-4-6-17(11-16)25(30)29-14-21(19-10-9-18(26)12-23(19)27)22-13-28-24-8-3-2-7-20(22)24/h2-13,21,28H,14-15H2,1H3,(H,29,30). The molecule has 1 aromatic heterocycles. The maximum absolute atomic E-state index is 12.9. The van der Waals surface area contributed by atoms with Crippen molar-refractivity contribution in [2.75, 3.05) is 12.8 Å². The lowest BCUT2D eigenvalue weighted by atomic mass is 9.90. The van der Waals surface area contributed by atoms with E-state index in [0.717, 1.165) is 27.6 Å². The summed E-state index contributed by atoms with van der Waals surface area (Å²) in [5.74, 6) is 0.0503. The number of aromatic nitrogens is 1. The first-order valence-corrected chi connectivity index (χ1v) is 12.6. The fraction of sp³-hybridized carbons (Fsp3) is 0.160. The van der Waals surface area contributed by atoms with Gasteiger partial charge in [-0.3, -0.25) is 9.00 Å². The van der Waals surface area contributed by atoms with Crippen LogP contribution in [-0.2, 0) is 16.6 Å². The fourth-order valence-electron chi connectivity index (χ4n) is 3.89. The summed E-state index contributed by atoms with van der Waals surface area (Å²) in [5, 5.41) is 5.24. The van der Waals surface area contributed by atoms with Crippen LogP contribution in [0.1, 0.15) is 33.0 Å². The molecule has 4 aromatic rings. The van der Waals surface area contributed by atoms with Gasteiger partial charge in [0.05, 0.1) is 0 Å². The number of H-pyrrole nitrogens is 1. The Bertz CT molecular complexity index is 1300. The summed E-state index contributed by atoms with van der Waals surface area (Å²) in [6.07, 6.45) is 3.61. The number of carbonyl (C=O) groups excluding carboxylic acids is 1. The van der Waals surface area contributed by atoms with E-state index in [1.165, 1.54) is 0 Å². The van der Waals surface area contributed by atoms with Crippen molar-refractivity contribution < 1.29 is 9.00 Å². The normalized spacial score (nSPS) is 13.1. The highest BCUT2D eigenvalue weighted by Gasteiger charge is 2.22. The minimum atomic E-state index is -0.973. The summed E-state index contributed by atoms with van der Waals surface area (Å²) in [6.45, 7) is 0.353. The van der Waals surface area contributed by atoms with Crippen molar-refractivity contribution >= 4 is 50.8 Å². The molecule has 164 valence electrons. The molecule has 2 unspecified atom stereocenters. The summed E-state index contributed by atoms with van der Waals surface area (Å²) in [6, 6.07) is 20.7. The van der Waals surface area contributed by atoms with E-state index < -0.39 is 10.8 Å². The second kappa shape index (κ2) is 9.90. The van der Waals surface area contributed by atoms with Crippen LogP contribution in [0.4, 0.5) is 0 Å². The average Bonchev–Trinajstić information content (AvgIpc) is 3.19. The number of nitrogens with one attached hydrogen (secondary N) is 2. The molecule has 0 saturated heterocycles. The van der Waals surface area contributed by atoms with Crippen molar-refractivity contribution in [3.63, 3.8) is 0 Å². The van der Waals surface area contributed by atoms with E-state index in [-0.39, 0.29) is 11.8 Å². The summed E-state index contributed by atoms with van der Waals surface area (Å²) >= 11 is 12.7. The minimum Gasteiger partial charge on any atom is -0.361 e. The third-order valence-corrected chi connectivity index (χ3v) is 6.66. The zero-order valence-electron chi connectivity index (χ0n) is 17.4. The number of halogens is 2. The Hall–Kier alpha value is -2.60. The predicted octanol–water partition coefficient (Wildman–Crippen LogP) is 5.92. The first-order chi connectivity index (χ1) is 15.4. The maximum Gasteiger partial charge on any atom is 0.251 e. The van der Waals surface area contributed by atoms with Crippen molar-refractivity contribution in [3.8, 4) is 0 Å². The Balaban J connectivity index is 1.64. The fourth-order valence-corrected chi connectivity index (χ4v) is 5.08. The minimum absolute atomic E-state index is 0.175. The molecule has 32 heavy (non-hydrogen) atoms. The van der Waals surface area contributed by atoms with E-state index in [0.29, 0.717) is 27.9 Å². The van der Waals surface area contributed by atoms with Crippen molar-refractivity contribution in [1.29, 1.82) is 0 Å². The Morgan fingerprint density at radius 1 is 1.03 bits per heavy atom. The summed E-state index contributed by atoms with van der Waals surface area (Å²) in [4.78, 5) is 16.2. The van der Waals surface area contributed by atoms with Gasteiger partial charge < -0.3 is 10.3 Å². The van der Waals surface area contributed by atoms with E-state index in [2.05, 4.69) is 10.3 Å². The van der Waals surface area contributed by atoms with Crippen molar-refractivity contribution in [2.24, 2.45) is 0 Å². The molecule has 2 N–H and O–H groups in total. The third-order valence-electron chi connectivity index (χ3n) is 5.36. The number of carbonyl (C=O) groups is 1. The van der Waals surface area contributed by atoms with Crippen molar-refractivity contribution in [3.05, 3.63) is 105 Å². The molecule has 3 aromatic carbocycles. The summed E-state index contributed by atoms with van der Waals surface area (Å²) in [5.41, 5.74) is 4.35. The number of para-hydroxylation sites is 1. The highest BCUT2D eigenvalue weighted by Crippen LogP contribution is 2.35. The van der Waals surface area contributed by atoms with Gasteiger partial charge >= 0.3 is 0 Å². The third kappa shape index (κ3) is 5.07. The smallest absolute Gasteiger partial charge is 0.251 e. The van der Waals surface area contributed by atoms with E-state index in [1.54, 1.807) is 30.5 Å². The molecule has 7 heteroatoms. The molecular weight excluding hydrogens is 463 g/mol. The first-order valence-electron chi connectivity index (χ1n) is 10.1. The molecule has 0 aliphatic rings. The Labute approximate surface area is 199 Å². The molecule has 0 saturated carbocycles. The molecular formula is C25H22Cl2N2O2S. The number of hydrogen-bond donors (Lipinski definition) is 2. The largest absolute Gasteiger partial charge is 0.361 e. The van der Waals surface area contributed by atoms with Crippen LogP contribution in [0.2, 0.25) is 10.0 Å². The van der Waals surface area contributed by atoms with Gasteiger partial charge in [-0.2, -0.15) is 0 Å². The van der Waals surface area contributed by atoms with Crippen LogP contribution in [0.5, 0.6) is 0 Å². The molecule has 0 spiro atoms. The summed E-state index contributed by atoms with van der Waals surface area (Å²) < 4.78 is 11.5. The number of amides is 1. The molecule has 0 bridgehead atoms. The van der Waals surface area contributed by atoms with E-state index >= 15 is 0 Å². The molecule has 0 aliphatic carbocycles. The van der Waals surface area contributed by atoms with Gasteiger partial charge in [0.2, 0.25) is 0 Å². The Morgan fingerprint density at radius 2 is 1.84 bits per heavy atom. The lowest BCUT2D eigenvalue weighted by molar-refractivity contribution is 0.0952. The molecule has 1 heterocycles. The molecule has 0 fully saturated rings. The predicted molar refractivity (Wildman–Crippen MR) is 133 cm³/mol. The zero-order valence-corrected chi connectivity index (χ0v) is 19.7. The maximum atomic E-state index is 12.9. The van der Waals surface area contributed by atoms with Crippen LogP contribution in [0.3, 0.4) is 0 Å². The van der Waals surface area contributed by atoms with Crippen LogP contribution in [0, 0.1) is 0 Å². The lowest BCUT2D eigenvalue weighted by Gasteiger charge is -2.20. The van der Waals surface area contributed by atoms with Crippen LogP contribution in [0.25, 0.3) is 10.9 Å². The van der Waals surface area contributed by atoms with E-state index in [9.17, 15) is 9.00 Å². The van der Waals surface area contributed by atoms with Gasteiger partial charge in [-0.25, -0.2) is 0 Å². The van der Waals surface area contributed by atoms with Gasteiger partial charge in [0.15, 0.2) is 0 Å². The highest BCUT2D eigenvalue weighted by atomic mass is 35.5. The van der Waals surface area contributed by atoms with Gasteiger partial charge in [-0.15, -0.1) is 0 Å². The van der Waals surface area contributed by atoms with Gasteiger partial charge in [0, 0.05) is 68.0 Å². The molecule has 1 amide bonds. The van der Waals surface area contributed by atoms with Crippen LogP contribution < -0.4 is 5.32 Å². The number of fused-ring (bicyclic) bond motifs is 1. The number of hydrogen-bond acceptors (Lipinski definition) is 2. The summed E-state index contributed by atoms with van der Waals surface area (Å²) in [7, 11) is -0.973. The molecule has 4 rings (SSSR count). The number of aromatic amines is 1. The van der Waals surface area contributed by atoms with Gasteiger partial charge in [-0.05, 0) is 47.0 Å². The van der Waals surface area contributed by atoms with Gasteiger partial charge in [0.25, 0.3) is 5.91 Å². The molecule has 2 atom stereocenters. The quantitative estimate of drug-likeness (QED) is 0.342. The van der Waals surface area contributed by atoms with Crippen molar-refractivity contribution in [1.82, 2.24) is 10.3 Å². The molecule has 4 nitrogen and oxygen atoms in total. The SMILES string of the molecule is CS(=O)Cc1cccc(C(=O)NCC(c2ccc(Cl)cc2Cl)c2c[nH]c3ccccc23)c1. The topological polar surface area (TPSA) is 62.0 Å². The van der Waals surface area contributed by atoms with Crippen LogP contribution in [0.15, 0.2) is 72.9 Å². The Morgan fingerprint density at radius 3 is 2.62 bits per heavy atom. The lowest BCUT2D eigenvalue weighted by Crippen LogP contribution is -2.29. The monoisotopic (exact) mass is 484 g/mol. The molecule has 0 aliphatic heterocycles. The Kier molecular flexibility index (Phi) is 6.99. The average molecular weight is 485 g/mol.